The Bertz CT molecular complexity index is 92.1. The molecule has 0 aliphatic rings. The fraction of sp³-hybridized carbons (Fsp3) is 1.00. The first-order valence-corrected chi connectivity index (χ1v) is 4.51. The van der Waals surface area contributed by atoms with Crippen molar-refractivity contribution in [3.05, 3.63) is 0 Å². The Morgan fingerprint density at radius 2 is 1.54 bits per heavy atom. The van der Waals surface area contributed by atoms with Gasteiger partial charge in [0.05, 0.1) is 0 Å². The number of nitrogens with two attached hydrogens (primary N) is 1. The van der Waals surface area contributed by atoms with Crippen molar-refractivity contribution in [2.75, 3.05) is 13.1 Å². The lowest BCUT2D eigenvalue weighted by Crippen LogP contribution is -2.36. The van der Waals surface area contributed by atoms with Crippen molar-refractivity contribution in [1.29, 1.82) is 0 Å². The summed E-state index contributed by atoms with van der Waals surface area (Å²) >= 11 is 0. The highest BCUT2D eigenvalue weighted by Crippen LogP contribution is 1.99. The zero-order valence-electron chi connectivity index (χ0n) is 8.93. The molecule has 0 saturated carbocycles. The molecule has 0 radical (unpaired) electrons. The van der Waals surface area contributed by atoms with Gasteiger partial charge in [-0.2, -0.15) is 0 Å². The van der Waals surface area contributed by atoms with Gasteiger partial charge in [0.1, 0.15) is 0 Å². The number of unbranched alkanes of at least 4 members (excludes halogenated alkanes) is 2. The van der Waals surface area contributed by atoms with Crippen molar-refractivity contribution in [3.63, 3.8) is 0 Å². The van der Waals surface area contributed by atoms with Crippen molar-refractivity contribution in [2.24, 2.45) is 5.73 Å². The zero-order chi connectivity index (χ0) is 8.74. The maximum atomic E-state index is 5.38. The fourth-order valence-electron chi connectivity index (χ4n) is 0.910. The molecule has 0 rings (SSSR count). The number of halogens is 2. The van der Waals surface area contributed by atoms with E-state index >= 15 is 0 Å². The largest absolute Gasteiger partial charge is 0.330 e. The van der Waals surface area contributed by atoms with Crippen LogP contribution < -0.4 is 11.1 Å². The summed E-state index contributed by atoms with van der Waals surface area (Å²) in [5.74, 6) is 0. The van der Waals surface area contributed by atoms with E-state index in [0.717, 1.165) is 19.5 Å². The second-order valence-electron chi connectivity index (χ2n) is 4.03. The van der Waals surface area contributed by atoms with E-state index in [1.165, 1.54) is 12.8 Å². The summed E-state index contributed by atoms with van der Waals surface area (Å²) in [7, 11) is 0. The number of nitrogens with one attached hydrogen (secondary N) is 1. The molecule has 0 heterocycles. The summed E-state index contributed by atoms with van der Waals surface area (Å²) in [6, 6.07) is 0. The molecule has 0 bridgehead atoms. The molecule has 84 valence electrons. The predicted octanol–water partition coefficient (Wildman–Crippen LogP) is 2.35. The van der Waals surface area contributed by atoms with Crippen LogP contribution in [0.5, 0.6) is 0 Å². The zero-order valence-corrected chi connectivity index (χ0v) is 10.6. The summed E-state index contributed by atoms with van der Waals surface area (Å²) in [5.41, 5.74) is 5.64. The van der Waals surface area contributed by atoms with Crippen molar-refractivity contribution in [1.82, 2.24) is 5.32 Å². The van der Waals surface area contributed by atoms with Gasteiger partial charge >= 0.3 is 0 Å². The molecule has 0 saturated heterocycles. The molecule has 0 aromatic heterocycles. The third-order valence-corrected chi connectivity index (χ3v) is 1.54. The van der Waals surface area contributed by atoms with Gasteiger partial charge in [0.15, 0.2) is 0 Å². The minimum Gasteiger partial charge on any atom is -0.330 e. The number of rotatable bonds is 5. The molecule has 2 nitrogen and oxygen atoms in total. The van der Waals surface area contributed by atoms with E-state index < -0.39 is 0 Å². The van der Waals surface area contributed by atoms with Crippen LogP contribution >= 0.6 is 24.8 Å². The highest BCUT2D eigenvalue weighted by atomic mass is 35.5. The van der Waals surface area contributed by atoms with Crippen LogP contribution in [0.1, 0.15) is 40.0 Å². The van der Waals surface area contributed by atoms with Crippen molar-refractivity contribution < 1.29 is 0 Å². The summed E-state index contributed by atoms with van der Waals surface area (Å²) < 4.78 is 0. The molecule has 4 heteroatoms. The minimum absolute atomic E-state index is 0. The molecule has 0 spiro atoms. The predicted molar refractivity (Wildman–Crippen MR) is 65.2 cm³/mol. The van der Waals surface area contributed by atoms with E-state index in [-0.39, 0.29) is 30.4 Å². The molecule has 0 amide bonds. The maximum Gasteiger partial charge on any atom is 0.00965 e. The van der Waals surface area contributed by atoms with E-state index in [2.05, 4.69) is 26.1 Å². The molecule has 0 aromatic carbocycles. The first-order chi connectivity index (χ1) is 5.06. The van der Waals surface area contributed by atoms with Gasteiger partial charge in [0.2, 0.25) is 0 Å². The average Bonchev–Trinajstić information content (AvgIpc) is 1.85. The van der Waals surface area contributed by atoms with Crippen LogP contribution in [-0.4, -0.2) is 18.6 Å². The van der Waals surface area contributed by atoms with Gasteiger partial charge < -0.3 is 11.1 Å². The minimum atomic E-state index is 0. The molecule has 0 fully saturated rings. The van der Waals surface area contributed by atoms with Crippen LogP contribution in [0.3, 0.4) is 0 Å². The second kappa shape index (κ2) is 10.6. The topological polar surface area (TPSA) is 38.0 Å². The van der Waals surface area contributed by atoms with Gasteiger partial charge in [0.25, 0.3) is 0 Å². The molecule has 13 heavy (non-hydrogen) atoms. The lowest BCUT2D eigenvalue weighted by atomic mass is 10.1. The maximum absolute atomic E-state index is 5.38. The summed E-state index contributed by atoms with van der Waals surface area (Å²) in [6.07, 6.45) is 3.65. The standard InChI is InChI=1S/C9H22N2.2ClH/c1-9(2,3)11-8-6-4-5-7-10;;/h11H,4-8,10H2,1-3H3;2*1H. The van der Waals surface area contributed by atoms with Gasteiger partial charge in [-0.1, -0.05) is 6.42 Å². The van der Waals surface area contributed by atoms with E-state index in [9.17, 15) is 0 Å². The van der Waals surface area contributed by atoms with Gasteiger partial charge in [-0.15, -0.1) is 24.8 Å². The van der Waals surface area contributed by atoms with E-state index in [1.54, 1.807) is 0 Å². The van der Waals surface area contributed by atoms with Crippen molar-refractivity contribution >= 4 is 24.8 Å². The molecule has 0 atom stereocenters. The van der Waals surface area contributed by atoms with Crippen molar-refractivity contribution in [3.8, 4) is 0 Å². The molecule has 0 aromatic rings. The lowest BCUT2D eigenvalue weighted by molar-refractivity contribution is 0.417. The first kappa shape index (κ1) is 19.1. The van der Waals surface area contributed by atoms with Crippen LogP contribution in [0.15, 0.2) is 0 Å². The van der Waals surface area contributed by atoms with Crippen LogP contribution in [0.2, 0.25) is 0 Å². The Kier molecular flexibility index (Phi) is 15.6. The van der Waals surface area contributed by atoms with Crippen LogP contribution in [-0.2, 0) is 0 Å². The number of hydrogen-bond acceptors (Lipinski definition) is 2. The Labute approximate surface area is 94.9 Å². The molecular formula is C9H24Cl2N2. The summed E-state index contributed by atoms with van der Waals surface area (Å²) in [5, 5.41) is 3.44. The quantitative estimate of drug-likeness (QED) is 0.713. The van der Waals surface area contributed by atoms with Crippen LogP contribution in [0.25, 0.3) is 0 Å². The van der Waals surface area contributed by atoms with E-state index in [1.807, 2.05) is 0 Å². The Hall–Kier alpha value is 0.500. The van der Waals surface area contributed by atoms with Gasteiger partial charge in [0, 0.05) is 5.54 Å². The highest BCUT2D eigenvalue weighted by molar-refractivity contribution is 5.85. The Morgan fingerprint density at radius 1 is 1.00 bits per heavy atom. The van der Waals surface area contributed by atoms with Crippen LogP contribution in [0, 0.1) is 0 Å². The summed E-state index contributed by atoms with van der Waals surface area (Å²) in [4.78, 5) is 0. The SMILES string of the molecule is CC(C)(C)NCCCCCN.Cl.Cl. The molecular weight excluding hydrogens is 207 g/mol. The third-order valence-electron chi connectivity index (χ3n) is 1.54. The number of hydrogen-bond donors (Lipinski definition) is 2. The first-order valence-electron chi connectivity index (χ1n) is 4.51. The molecule has 0 aliphatic carbocycles. The normalized spacial score (nSPS) is 10.2. The van der Waals surface area contributed by atoms with E-state index in [4.69, 9.17) is 5.73 Å². The molecule has 0 aliphatic heterocycles. The third kappa shape index (κ3) is 19.1. The van der Waals surface area contributed by atoms with E-state index in [0.29, 0.717) is 0 Å². The van der Waals surface area contributed by atoms with Gasteiger partial charge in [-0.3, -0.25) is 0 Å². The average molecular weight is 231 g/mol. The Balaban J connectivity index is -0.000000500. The van der Waals surface area contributed by atoms with Crippen molar-refractivity contribution in [2.45, 2.75) is 45.6 Å². The monoisotopic (exact) mass is 230 g/mol. The highest BCUT2D eigenvalue weighted by Gasteiger charge is 2.06. The molecule has 3 N–H and O–H groups in total. The Morgan fingerprint density at radius 3 is 1.92 bits per heavy atom. The lowest BCUT2D eigenvalue weighted by Gasteiger charge is -2.20. The fourth-order valence-corrected chi connectivity index (χ4v) is 0.910. The van der Waals surface area contributed by atoms with Gasteiger partial charge in [-0.25, -0.2) is 0 Å². The molecule has 0 unspecified atom stereocenters. The van der Waals surface area contributed by atoms with Gasteiger partial charge in [-0.05, 0) is 46.7 Å². The second-order valence-corrected chi connectivity index (χ2v) is 4.03. The van der Waals surface area contributed by atoms with Crippen LogP contribution in [0.4, 0.5) is 0 Å². The summed E-state index contributed by atoms with van der Waals surface area (Å²) in [6.45, 7) is 8.51. The smallest absolute Gasteiger partial charge is 0.00965 e.